The Kier molecular flexibility index (Phi) is 8.88. The van der Waals surface area contributed by atoms with E-state index in [1.165, 1.54) is 12.8 Å². The van der Waals surface area contributed by atoms with E-state index in [0.29, 0.717) is 6.61 Å². The largest absolute Gasteiger partial charge is 0.494 e. The van der Waals surface area contributed by atoms with Crippen LogP contribution in [-0.4, -0.2) is 26.3 Å². The second-order valence-corrected chi connectivity index (χ2v) is 5.41. The molecule has 0 saturated heterocycles. The second-order valence-electron chi connectivity index (χ2n) is 5.41. The van der Waals surface area contributed by atoms with Gasteiger partial charge in [0.05, 0.1) is 13.2 Å². The van der Waals surface area contributed by atoms with Gasteiger partial charge in [0.1, 0.15) is 11.5 Å². The molecule has 1 aromatic carbocycles. The Morgan fingerprint density at radius 1 is 0.950 bits per heavy atom. The van der Waals surface area contributed by atoms with Crippen LogP contribution in [0.25, 0.3) is 0 Å². The maximum absolute atomic E-state index is 5.71. The Bertz CT molecular complexity index is 335. The van der Waals surface area contributed by atoms with Crippen LogP contribution in [0.4, 0.5) is 0 Å². The van der Waals surface area contributed by atoms with Gasteiger partial charge < -0.3 is 14.8 Å². The zero-order chi connectivity index (χ0) is 14.6. The summed E-state index contributed by atoms with van der Waals surface area (Å²) in [5.74, 6) is 2.56. The molecule has 0 fully saturated rings. The molecule has 0 aliphatic heterocycles. The van der Waals surface area contributed by atoms with Crippen LogP contribution < -0.4 is 14.8 Å². The third-order valence-corrected chi connectivity index (χ3v) is 2.95. The molecule has 0 heterocycles. The van der Waals surface area contributed by atoms with Crippen LogP contribution in [0, 0.1) is 5.92 Å². The van der Waals surface area contributed by atoms with Crippen LogP contribution in [0.5, 0.6) is 11.5 Å². The fourth-order valence-corrected chi connectivity index (χ4v) is 1.91. The Labute approximate surface area is 123 Å². The SMILES string of the molecule is CCOc1ccc(OCCCCCNCC(C)C)cc1. The van der Waals surface area contributed by atoms with Gasteiger partial charge in [-0.2, -0.15) is 0 Å². The zero-order valence-electron chi connectivity index (χ0n) is 13.2. The normalized spacial score (nSPS) is 10.8. The molecule has 0 aromatic heterocycles. The van der Waals surface area contributed by atoms with Crippen LogP contribution in [0.3, 0.4) is 0 Å². The van der Waals surface area contributed by atoms with Gasteiger partial charge >= 0.3 is 0 Å². The monoisotopic (exact) mass is 279 g/mol. The predicted octanol–water partition coefficient (Wildman–Crippen LogP) is 3.88. The molecule has 1 aromatic rings. The first-order valence-corrected chi connectivity index (χ1v) is 7.78. The molecule has 0 radical (unpaired) electrons. The van der Waals surface area contributed by atoms with Crippen LogP contribution in [-0.2, 0) is 0 Å². The summed E-state index contributed by atoms with van der Waals surface area (Å²) < 4.78 is 11.1. The Hall–Kier alpha value is -1.22. The first kappa shape index (κ1) is 16.8. The lowest BCUT2D eigenvalue weighted by molar-refractivity contribution is 0.302. The summed E-state index contributed by atoms with van der Waals surface area (Å²) in [7, 11) is 0. The van der Waals surface area contributed by atoms with Gasteiger partial charge in [-0.05, 0) is 69.5 Å². The number of ether oxygens (including phenoxy) is 2. The van der Waals surface area contributed by atoms with E-state index < -0.39 is 0 Å². The molecular formula is C17H29NO2. The van der Waals surface area contributed by atoms with Crippen LogP contribution >= 0.6 is 0 Å². The van der Waals surface area contributed by atoms with Gasteiger partial charge in [0, 0.05) is 0 Å². The predicted molar refractivity (Wildman–Crippen MR) is 84.7 cm³/mol. The van der Waals surface area contributed by atoms with E-state index >= 15 is 0 Å². The molecule has 0 bridgehead atoms. The van der Waals surface area contributed by atoms with E-state index in [-0.39, 0.29) is 0 Å². The van der Waals surface area contributed by atoms with E-state index in [0.717, 1.165) is 43.5 Å². The van der Waals surface area contributed by atoms with Crippen molar-refractivity contribution in [1.29, 1.82) is 0 Å². The van der Waals surface area contributed by atoms with Gasteiger partial charge in [-0.3, -0.25) is 0 Å². The molecule has 0 amide bonds. The minimum absolute atomic E-state index is 0.699. The number of rotatable bonds is 11. The van der Waals surface area contributed by atoms with Crippen molar-refractivity contribution in [1.82, 2.24) is 5.32 Å². The molecule has 3 nitrogen and oxygen atoms in total. The van der Waals surface area contributed by atoms with Gasteiger partial charge in [-0.15, -0.1) is 0 Å². The topological polar surface area (TPSA) is 30.5 Å². The highest BCUT2D eigenvalue weighted by molar-refractivity contribution is 5.31. The van der Waals surface area contributed by atoms with Crippen molar-refractivity contribution >= 4 is 0 Å². The fourth-order valence-electron chi connectivity index (χ4n) is 1.91. The first-order chi connectivity index (χ1) is 9.72. The van der Waals surface area contributed by atoms with E-state index in [4.69, 9.17) is 9.47 Å². The number of hydrogen-bond donors (Lipinski definition) is 1. The van der Waals surface area contributed by atoms with Gasteiger partial charge in [-0.25, -0.2) is 0 Å². The van der Waals surface area contributed by atoms with Crippen molar-refractivity contribution in [2.75, 3.05) is 26.3 Å². The van der Waals surface area contributed by atoms with Gasteiger partial charge in [0.2, 0.25) is 0 Å². The average molecular weight is 279 g/mol. The lowest BCUT2D eigenvalue weighted by Gasteiger charge is -2.09. The summed E-state index contributed by atoms with van der Waals surface area (Å²) in [5, 5.41) is 3.46. The van der Waals surface area contributed by atoms with Crippen molar-refractivity contribution in [3.8, 4) is 11.5 Å². The molecule has 0 aliphatic rings. The summed E-state index contributed by atoms with van der Waals surface area (Å²) >= 11 is 0. The highest BCUT2D eigenvalue weighted by atomic mass is 16.5. The minimum Gasteiger partial charge on any atom is -0.494 e. The average Bonchev–Trinajstić information content (AvgIpc) is 2.43. The summed E-state index contributed by atoms with van der Waals surface area (Å²) in [6, 6.07) is 7.84. The Morgan fingerprint density at radius 2 is 1.60 bits per heavy atom. The highest BCUT2D eigenvalue weighted by Gasteiger charge is 1.97. The smallest absolute Gasteiger partial charge is 0.119 e. The first-order valence-electron chi connectivity index (χ1n) is 7.78. The zero-order valence-corrected chi connectivity index (χ0v) is 13.2. The molecular weight excluding hydrogens is 250 g/mol. The van der Waals surface area contributed by atoms with Crippen molar-refractivity contribution in [2.24, 2.45) is 5.92 Å². The third kappa shape index (κ3) is 8.05. The number of nitrogens with one attached hydrogen (secondary N) is 1. The van der Waals surface area contributed by atoms with Crippen molar-refractivity contribution in [2.45, 2.75) is 40.0 Å². The maximum atomic E-state index is 5.71. The standard InChI is InChI=1S/C17H29NO2/c1-4-19-16-8-10-17(11-9-16)20-13-7-5-6-12-18-14-15(2)3/h8-11,15,18H,4-7,12-14H2,1-3H3. The van der Waals surface area contributed by atoms with E-state index in [1.807, 2.05) is 31.2 Å². The molecule has 0 spiro atoms. The van der Waals surface area contributed by atoms with Crippen molar-refractivity contribution < 1.29 is 9.47 Å². The molecule has 0 aliphatic carbocycles. The molecule has 0 atom stereocenters. The highest BCUT2D eigenvalue weighted by Crippen LogP contribution is 2.17. The summed E-state index contributed by atoms with van der Waals surface area (Å²) in [6.07, 6.45) is 3.54. The summed E-state index contributed by atoms with van der Waals surface area (Å²) in [4.78, 5) is 0. The summed E-state index contributed by atoms with van der Waals surface area (Å²) in [6.45, 7) is 10.2. The number of hydrogen-bond acceptors (Lipinski definition) is 3. The third-order valence-electron chi connectivity index (χ3n) is 2.95. The molecule has 0 saturated carbocycles. The lowest BCUT2D eigenvalue weighted by atomic mass is 10.2. The van der Waals surface area contributed by atoms with Crippen LogP contribution in [0.1, 0.15) is 40.0 Å². The van der Waals surface area contributed by atoms with Crippen LogP contribution in [0.15, 0.2) is 24.3 Å². The minimum atomic E-state index is 0.699. The Morgan fingerprint density at radius 3 is 2.20 bits per heavy atom. The molecule has 3 heteroatoms. The van der Waals surface area contributed by atoms with E-state index in [1.54, 1.807) is 0 Å². The second kappa shape index (κ2) is 10.6. The summed E-state index contributed by atoms with van der Waals surface area (Å²) in [5.41, 5.74) is 0. The number of benzene rings is 1. The van der Waals surface area contributed by atoms with Gasteiger partial charge in [-0.1, -0.05) is 13.8 Å². The molecule has 0 unspecified atom stereocenters. The lowest BCUT2D eigenvalue weighted by Crippen LogP contribution is -2.20. The van der Waals surface area contributed by atoms with Crippen molar-refractivity contribution in [3.63, 3.8) is 0 Å². The molecule has 114 valence electrons. The van der Waals surface area contributed by atoms with E-state index in [9.17, 15) is 0 Å². The van der Waals surface area contributed by atoms with Crippen LogP contribution in [0.2, 0.25) is 0 Å². The molecule has 1 N–H and O–H groups in total. The fraction of sp³-hybridized carbons (Fsp3) is 0.647. The van der Waals surface area contributed by atoms with Crippen molar-refractivity contribution in [3.05, 3.63) is 24.3 Å². The molecule has 1 rings (SSSR count). The van der Waals surface area contributed by atoms with Gasteiger partial charge in [0.15, 0.2) is 0 Å². The van der Waals surface area contributed by atoms with Gasteiger partial charge in [0.25, 0.3) is 0 Å². The quantitative estimate of drug-likeness (QED) is 0.624. The maximum Gasteiger partial charge on any atom is 0.119 e. The van der Waals surface area contributed by atoms with E-state index in [2.05, 4.69) is 19.2 Å². The molecule has 20 heavy (non-hydrogen) atoms. The number of unbranched alkanes of at least 4 members (excludes halogenated alkanes) is 2. The Balaban J connectivity index is 2.00.